The summed E-state index contributed by atoms with van der Waals surface area (Å²) < 4.78 is 33.9. The number of amides is 1. The van der Waals surface area contributed by atoms with E-state index in [1.807, 2.05) is 31.2 Å². The molecule has 3 aromatic carbocycles. The lowest BCUT2D eigenvalue weighted by molar-refractivity contribution is -0.304. The number of aliphatic hydroxyl groups excluding tert-OH is 2. The fourth-order valence-electron chi connectivity index (χ4n) is 5.47. The number of hydrogen-bond donors (Lipinski definition) is 5. The van der Waals surface area contributed by atoms with E-state index in [1.54, 1.807) is 45.0 Å². The van der Waals surface area contributed by atoms with Gasteiger partial charge in [-0.1, -0.05) is 24.3 Å². The third-order valence-corrected chi connectivity index (χ3v) is 7.70. The number of primary amides is 1. The average Bonchev–Trinajstić information content (AvgIpc) is 2.99. The molecule has 1 aliphatic rings. The zero-order valence-corrected chi connectivity index (χ0v) is 25.8. The Bertz CT molecular complexity index is 1800. The average molecular weight is 637 g/mol. The molecule has 1 aliphatic heterocycles. The molecule has 1 fully saturated rings. The lowest BCUT2D eigenvalue weighted by Crippen LogP contribution is -2.65. The number of anilines is 1. The highest BCUT2D eigenvalue weighted by Gasteiger charge is 2.53. The Labute approximate surface area is 264 Å². The predicted octanol–water partition coefficient (Wildman–Crippen LogP) is 4.36. The molecular formula is C33H36N2O11. The fourth-order valence-corrected chi connectivity index (χ4v) is 5.47. The summed E-state index contributed by atoms with van der Waals surface area (Å²) in [5.41, 5.74) is 4.51. The summed E-state index contributed by atoms with van der Waals surface area (Å²) in [4.78, 5) is 24.6. The van der Waals surface area contributed by atoms with E-state index in [0.29, 0.717) is 22.6 Å². The van der Waals surface area contributed by atoms with E-state index < -0.39 is 53.9 Å². The summed E-state index contributed by atoms with van der Waals surface area (Å²) >= 11 is 0. The van der Waals surface area contributed by atoms with Crippen LogP contribution in [0, 0.1) is 13.8 Å². The smallest absolute Gasteiger partial charge is 0.404 e. The number of benzene rings is 3. The van der Waals surface area contributed by atoms with Crippen LogP contribution in [0.25, 0.3) is 11.0 Å². The molecule has 4 aromatic rings. The van der Waals surface area contributed by atoms with Gasteiger partial charge in [-0.3, -0.25) is 0 Å². The van der Waals surface area contributed by atoms with Crippen molar-refractivity contribution in [1.82, 2.24) is 0 Å². The first-order valence-corrected chi connectivity index (χ1v) is 14.4. The van der Waals surface area contributed by atoms with E-state index in [-0.39, 0.29) is 22.4 Å². The van der Waals surface area contributed by atoms with E-state index in [1.165, 1.54) is 19.2 Å². The Morgan fingerprint density at radius 3 is 2.43 bits per heavy atom. The molecule has 244 valence electrons. The maximum atomic E-state index is 13.1. The van der Waals surface area contributed by atoms with Crippen LogP contribution in [0.4, 0.5) is 10.5 Å². The van der Waals surface area contributed by atoms with Gasteiger partial charge < -0.3 is 54.5 Å². The minimum absolute atomic E-state index is 0.00199. The number of fused-ring (bicyclic) bond motifs is 1. The van der Waals surface area contributed by atoms with Gasteiger partial charge in [0.1, 0.15) is 28.9 Å². The number of nitrogens with two attached hydrogens (primary N) is 1. The number of ether oxygens (including phenoxy) is 5. The highest BCUT2D eigenvalue weighted by Crippen LogP contribution is 2.39. The van der Waals surface area contributed by atoms with Crippen molar-refractivity contribution < 1.29 is 48.2 Å². The normalized spacial score (nSPS) is 21.4. The Hall–Kier alpha value is -4.82. The molecule has 1 unspecified atom stereocenters. The standard InChI is InChI=1S/C33H36N2O11/c1-16-8-6-10-19(14-16)42-20-11-7-9-18(15-20)29(38)35-23-24(36)21-12-13-22(17(2)26(21)44-30(23)39)43-31-25(37)27(45-32(34)40)28(41-5)33(3,4)46-31/h6-15,25,27-29,31,35-38H,1-5H3,(H2,34,40)/t25-,27+,28-,29?,31-/m1/s1. The lowest BCUT2D eigenvalue weighted by atomic mass is 9.89. The highest BCUT2D eigenvalue weighted by molar-refractivity contribution is 5.91. The number of aromatic hydroxyl groups is 1. The van der Waals surface area contributed by atoms with Gasteiger partial charge >= 0.3 is 11.7 Å². The first-order chi connectivity index (χ1) is 21.8. The summed E-state index contributed by atoms with van der Waals surface area (Å²) in [7, 11) is 1.38. The molecule has 5 rings (SSSR count). The van der Waals surface area contributed by atoms with Crippen LogP contribution in [0.1, 0.15) is 36.8 Å². The molecule has 1 amide bonds. The molecule has 0 radical (unpaired) electrons. The highest BCUT2D eigenvalue weighted by atomic mass is 16.7. The number of aliphatic hydroxyl groups is 2. The summed E-state index contributed by atoms with van der Waals surface area (Å²) in [5.74, 6) is 0.773. The molecule has 1 aromatic heterocycles. The monoisotopic (exact) mass is 636 g/mol. The van der Waals surface area contributed by atoms with Crippen molar-refractivity contribution >= 4 is 22.7 Å². The Kier molecular flexibility index (Phi) is 9.13. The largest absolute Gasteiger partial charge is 0.505 e. The Morgan fingerprint density at radius 1 is 1.07 bits per heavy atom. The summed E-state index contributed by atoms with van der Waals surface area (Å²) in [6.07, 6.45) is -7.45. The van der Waals surface area contributed by atoms with Crippen molar-refractivity contribution in [1.29, 1.82) is 0 Å². The summed E-state index contributed by atoms with van der Waals surface area (Å²) in [6.45, 7) is 6.86. The summed E-state index contributed by atoms with van der Waals surface area (Å²) in [5, 5.41) is 35.8. The lowest BCUT2D eigenvalue weighted by Gasteiger charge is -2.47. The zero-order valence-electron chi connectivity index (χ0n) is 25.8. The molecule has 0 aliphatic carbocycles. The van der Waals surface area contributed by atoms with Crippen LogP contribution in [0.2, 0.25) is 0 Å². The molecule has 0 saturated carbocycles. The number of carbonyl (C=O) groups excluding carboxylic acids is 1. The van der Waals surface area contributed by atoms with Crippen LogP contribution in [0.15, 0.2) is 69.9 Å². The zero-order chi connectivity index (χ0) is 33.3. The van der Waals surface area contributed by atoms with Crippen LogP contribution in [0.3, 0.4) is 0 Å². The second-order valence-corrected chi connectivity index (χ2v) is 11.5. The van der Waals surface area contributed by atoms with Crippen LogP contribution in [-0.2, 0) is 14.2 Å². The van der Waals surface area contributed by atoms with Crippen molar-refractivity contribution in [2.24, 2.45) is 5.73 Å². The van der Waals surface area contributed by atoms with Crippen molar-refractivity contribution in [3.8, 4) is 23.0 Å². The SMILES string of the molecule is CO[C@@H]1[C@@H](OC(N)=O)[C@@H](O)[C@H](Oc2ccc3c(O)c(NC(O)c4cccc(Oc5cccc(C)c5)c4)c(=O)oc3c2C)OC1(C)C. The van der Waals surface area contributed by atoms with Crippen molar-refractivity contribution in [2.45, 2.75) is 64.1 Å². The molecular weight excluding hydrogens is 600 g/mol. The number of carbonyl (C=O) groups is 1. The maximum absolute atomic E-state index is 13.1. The van der Waals surface area contributed by atoms with E-state index in [0.717, 1.165) is 5.56 Å². The number of nitrogens with one attached hydrogen (secondary N) is 1. The Balaban J connectivity index is 1.39. The molecule has 2 heterocycles. The third kappa shape index (κ3) is 6.58. The third-order valence-electron chi connectivity index (χ3n) is 7.70. The van der Waals surface area contributed by atoms with Crippen molar-refractivity contribution in [3.05, 3.63) is 87.8 Å². The number of methoxy groups -OCH3 is 1. The van der Waals surface area contributed by atoms with Crippen LogP contribution >= 0.6 is 0 Å². The second-order valence-electron chi connectivity index (χ2n) is 11.5. The molecule has 6 N–H and O–H groups in total. The van der Waals surface area contributed by atoms with Crippen molar-refractivity contribution in [2.75, 3.05) is 12.4 Å². The molecule has 13 nitrogen and oxygen atoms in total. The quantitative estimate of drug-likeness (QED) is 0.129. The van der Waals surface area contributed by atoms with Gasteiger partial charge in [0.15, 0.2) is 29.9 Å². The predicted molar refractivity (Wildman–Crippen MR) is 166 cm³/mol. The minimum Gasteiger partial charge on any atom is -0.505 e. The van der Waals surface area contributed by atoms with Crippen LogP contribution < -0.4 is 26.1 Å². The molecule has 0 bridgehead atoms. The maximum Gasteiger partial charge on any atom is 0.404 e. The second kappa shape index (κ2) is 12.9. The number of hydrogen-bond acceptors (Lipinski definition) is 12. The number of aryl methyl sites for hydroxylation is 2. The minimum atomic E-state index is -1.50. The first-order valence-electron chi connectivity index (χ1n) is 14.4. The topological polar surface area (TPSA) is 192 Å². The van der Waals surface area contributed by atoms with Gasteiger partial charge in [0, 0.05) is 18.2 Å². The van der Waals surface area contributed by atoms with E-state index >= 15 is 0 Å². The van der Waals surface area contributed by atoms with Gasteiger partial charge in [0.2, 0.25) is 6.29 Å². The van der Waals surface area contributed by atoms with Crippen LogP contribution in [0.5, 0.6) is 23.0 Å². The van der Waals surface area contributed by atoms with E-state index in [4.69, 9.17) is 33.8 Å². The van der Waals surface area contributed by atoms with Crippen LogP contribution in [-0.4, -0.2) is 58.7 Å². The van der Waals surface area contributed by atoms with Gasteiger partial charge in [-0.2, -0.15) is 0 Å². The molecule has 46 heavy (non-hydrogen) atoms. The molecule has 0 spiro atoms. The number of rotatable bonds is 9. The fraction of sp³-hybridized carbons (Fsp3) is 0.333. The molecule has 1 saturated heterocycles. The van der Waals surface area contributed by atoms with Gasteiger partial charge in [-0.05, 0) is 69.7 Å². The van der Waals surface area contributed by atoms with Gasteiger partial charge in [0.05, 0.1) is 11.0 Å². The van der Waals surface area contributed by atoms with Gasteiger partial charge in [-0.15, -0.1) is 0 Å². The van der Waals surface area contributed by atoms with E-state index in [9.17, 15) is 24.9 Å². The first kappa shape index (κ1) is 32.6. The molecule has 13 heteroatoms. The van der Waals surface area contributed by atoms with Crippen molar-refractivity contribution in [3.63, 3.8) is 0 Å². The van der Waals surface area contributed by atoms with Gasteiger partial charge in [-0.25, -0.2) is 9.59 Å². The molecule has 5 atom stereocenters. The van der Waals surface area contributed by atoms with Gasteiger partial charge in [0.25, 0.3) is 0 Å². The Morgan fingerprint density at radius 2 is 1.76 bits per heavy atom. The van der Waals surface area contributed by atoms with E-state index in [2.05, 4.69) is 5.32 Å². The summed E-state index contributed by atoms with van der Waals surface area (Å²) in [6, 6.07) is 17.1.